The number of anilines is 1. The molecule has 1 aliphatic heterocycles. The van der Waals surface area contributed by atoms with Crippen LogP contribution >= 0.6 is 23.2 Å². The number of nitriles is 1. The Balaban J connectivity index is 1.28. The summed E-state index contributed by atoms with van der Waals surface area (Å²) in [6.07, 6.45) is 4.54. The number of benzene rings is 2. The van der Waals surface area contributed by atoms with Gasteiger partial charge in [0.15, 0.2) is 0 Å². The molecule has 3 atom stereocenters. The number of piperidine rings is 1. The van der Waals surface area contributed by atoms with E-state index in [2.05, 4.69) is 23.0 Å². The van der Waals surface area contributed by atoms with Crippen molar-refractivity contribution in [3.8, 4) is 17.3 Å². The fourth-order valence-corrected chi connectivity index (χ4v) is 6.15. The molecule has 0 spiro atoms. The summed E-state index contributed by atoms with van der Waals surface area (Å²) in [6.45, 7) is 3.22. The molecule has 3 aromatic rings. The minimum Gasteiger partial charge on any atom is -0.373 e. The predicted octanol–water partition coefficient (Wildman–Crippen LogP) is 7.38. The molecule has 2 heterocycles. The summed E-state index contributed by atoms with van der Waals surface area (Å²) in [4.78, 5) is 2.17. The van der Waals surface area contributed by atoms with Gasteiger partial charge in [-0.05, 0) is 55.5 Å². The van der Waals surface area contributed by atoms with Crippen molar-refractivity contribution in [3.05, 3.63) is 69.1 Å². The van der Waals surface area contributed by atoms with E-state index in [1.165, 1.54) is 0 Å². The maximum atomic E-state index is 14.9. The van der Waals surface area contributed by atoms with Crippen LogP contribution in [0.5, 0.6) is 0 Å². The fourth-order valence-electron chi connectivity index (χ4n) is 5.57. The van der Waals surface area contributed by atoms with Crippen molar-refractivity contribution in [3.63, 3.8) is 0 Å². The van der Waals surface area contributed by atoms with E-state index in [9.17, 15) is 4.39 Å². The molecule has 1 aliphatic carbocycles. The van der Waals surface area contributed by atoms with Crippen molar-refractivity contribution < 1.29 is 13.7 Å². The standard InChI is InChI=1S/C28H28Cl2FN3O2/c1-2-5-25-20(28(33-36-25)27-21(29)7-3-8-22(27)30)16-35-26-14-19-13-18(26)15-34(19)24-10-9-17(6-4-11-32)12-23(24)31/h3,7-10,12,18-19,26H,2,4-6,13-16H2,1H3/t18-,19-,26+/m0/s1. The average Bonchev–Trinajstić information content (AvgIpc) is 3.56. The lowest BCUT2D eigenvalue weighted by Crippen LogP contribution is -2.39. The molecule has 1 saturated carbocycles. The van der Waals surface area contributed by atoms with Crippen molar-refractivity contribution in [2.24, 2.45) is 5.92 Å². The second-order valence-corrected chi connectivity index (χ2v) is 10.4. The van der Waals surface area contributed by atoms with Crippen LogP contribution in [0.1, 0.15) is 49.5 Å². The maximum absolute atomic E-state index is 14.9. The molecule has 36 heavy (non-hydrogen) atoms. The molecule has 0 amide bonds. The van der Waals surface area contributed by atoms with Crippen LogP contribution < -0.4 is 4.90 Å². The number of nitrogens with zero attached hydrogens (tertiary/aromatic N) is 3. The molecule has 5 nitrogen and oxygen atoms in total. The van der Waals surface area contributed by atoms with E-state index in [-0.39, 0.29) is 18.0 Å². The second-order valence-electron chi connectivity index (χ2n) is 9.61. The Bertz CT molecular complexity index is 1270. The Kier molecular flexibility index (Phi) is 7.52. The van der Waals surface area contributed by atoms with Crippen molar-refractivity contribution in [2.45, 2.75) is 64.2 Å². The lowest BCUT2D eigenvalue weighted by atomic mass is 10.0. The summed E-state index contributed by atoms with van der Waals surface area (Å²) in [5.41, 5.74) is 3.69. The Hall–Kier alpha value is -2.59. The molecule has 0 unspecified atom stereocenters. The summed E-state index contributed by atoms with van der Waals surface area (Å²) >= 11 is 12.9. The summed E-state index contributed by atoms with van der Waals surface area (Å²) in [5, 5.41) is 14.1. The zero-order valence-corrected chi connectivity index (χ0v) is 21.7. The first-order valence-corrected chi connectivity index (χ1v) is 13.2. The van der Waals surface area contributed by atoms with Gasteiger partial charge < -0.3 is 14.2 Å². The molecular weight excluding hydrogens is 500 g/mol. The van der Waals surface area contributed by atoms with E-state index in [0.29, 0.717) is 52.4 Å². The molecular formula is C28H28Cl2FN3O2. The van der Waals surface area contributed by atoms with Gasteiger partial charge in [0.25, 0.3) is 0 Å². The highest BCUT2D eigenvalue weighted by molar-refractivity contribution is 6.39. The molecule has 2 aliphatic rings. The first-order valence-electron chi connectivity index (χ1n) is 12.5. The third-order valence-electron chi connectivity index (χ3n) is 7.31. The smallest absolute Gasteiger partial charge is 0.146 e. The predicted molar refractivity (Wildman–Crippen MR) is 139 cm³/mol. The van der Waals surface area contributed by atoms with Gasteiger partial charge in [-0.1, -0.05) is 47.4 Å². The third kappa shape index (κ3) is 4.85. The van der Waals surface area contributed by atoms with Crippen LogP contribution in [0.3, 0.4) is 0 Å². The molecule has 8 heteroatoms. The first-order chi connectivity index (χ1) is 17.5. The van der Waals surface area contributed by atoms with Crippen LogP contribution in [0.4, 0.5) is 10.1 Å². The Morgan fingerprint density at radius 3 is 2.67 bits per heavy atom. The van der Waals surface area contributed by atoms with E-state index in [4.69, 9.17) is 37.7 Å². The molecule has 1 saturated heterocycles. The number of fused-ring (bicyclic) bond motifs is 2. The van der Waals surface area contributed by atoms with Crippen molar-refractivity contribution in [1.82, 2.24) is 5.16 Å². The second kappa shape index (κ2) is 10.8. The molecule has 2 fully saturated rings. The average molecular weight is 528 g/mol. The SMILES string of the molecule is CCCc1onc(-c2c(Cl)cccc2Cl)c1CO[C@@H]1C[C@@H]2C[C@H]1CN2c1ccc(CCC#N)cc1F. The normalized spacial score (nSPS) is 20.8. The van der Waals surface area contributed by atoms with Crippen molar-refractivity contribution in [1.29, 1.82) is 5.26 Å². The summed E-state index contributed by atoms with van der Waals surface area (Å²) < 4.78 is 27.0. The monoisotopic (exact) mass is 527 g/mol. The summed E-state index contributed by atoms with van der Waals surface area (Å²) in [5.74, 6) is 0.909. The number of halogens is 3. The molecule has 0 radical (unpaired) electrons. The molecule has 2 aromatic carbocycles. The molecule has 2 bridgehead atoms. The Morgan fingerprint density at radius 1 is 1.19 bits per heavy atom. The van der Waals surface area contributed by atoms with Gasteiger partial charge >= 0.3 is 0 Å². The van der Waals surface area contributed by atoms with Gasteiger partial charge in [-0.2, -0.15) is 5.26 Å². The van der Waals surface area contributed by atoms with Gasteiger partial charge in [-0.3, -0.25) is 0 Å². The van der Waals surface area contributed by atoms with Crippen LogP contribution in [0.25, 0.3) is 11.3 Å². The van der Waals surface area contributed by atoms with Crippen LogP contribution in [0, 0.1) is 23.1 Å². The quantitative estimate of drug-likeness (QED) is 0.290. The van der Waals surface area contributed by atoms with E-state index in [1.54, 1.807) is 24.3 Å². The van der Waals surface area contributed by atoms with Gasteiger partial charge in [-0.15, -0.1) is 0 Å². The Morgan fingerprint density at radius 2 is 2.00 bits per heavy atom. The maximum Gasteiger partial charge on any atom is 0.146 e. The third-order valence-corrected chi connectivity index (χ3v) is 7.94. The summed E-state index contributed by atoms with van der Waals surface area (Å²) in [6, 6.07) is 13.1. The van der Waals surface area contributed by atoms with Crippen LogP contribution in [0.15, 0.2) is 40.9 Å². The number of hydrogen-bond acceptors (Lipinski definition) is 5. The van der Waals surface area contributed by atoms with E-state index >= 15 is 0 Å². The highest BCUT2D eigenvalue weighted by Crippen LogP contribution is 2.44. The van der Waals surface area contributed by atoms with E-state index in [0.717, 1.165) is 49.1 Å². The van der Waals surface area contributed by atoms with Crippen molar-refractivity contribution >= 4 is 28.9 Å². The zero-order valence-electron chi connectivity index (χ0n) is 20.1. The van der Waals surface area contributed by atoms with Crippen LogP contribution in [-0.2, 0) is 24.2 Å². The largest absolute Gasteiger partial charge is 0.373 e. The minimum absolute atomic E-state index is 0.0863. The lowest BCUT2D eigenvalue weighted by molar-refractivity contribution is 0.0122. The Labute approximate surface area is 220 Å². The van der Waals surface area contributed by atoms with Gasteiger partial charge in [0.05, 0.1) is 34.5 Å². The number of ether oxygens (including phenoxy) is 1. The number of rotatable bonds is 9. The molecule has 188 valence electrons. The lowest BCUT2D eigenvalue weighted by Gasteiger charge is -2.33. The molecule has 0 N–H and O–H groups in total. The molecule has 1 aromatic heterocycles. The highest BCUT2D eigenvalue weighted by atomic mass is 35.5. The number of aryl methyl sites for hydroxylation is 2. The molecule has 5 rings (SSSR count). The highest BCUT2D eigenvalue weighted by Gasteiger charge is 2.46. The number of hydrogen-bond donors (Lipinski definition) is 0. The zero-order chi connectivity index (χ0) is 25.2. The van der Waals surface area contributed by atoms with E-state index in [1.807, 2.05) is 12.1 Å². The van der Waals surface area contributed by atoms with Gasteiger partial charge in [0, 0.05) is 42.5 Å². The van der Waals surface area contributed by atoms with Gasteiger partial charge in [0.1, 0.15) is 17.3 Å². The fraction of sp³-hybridized carbons (Fsp3) is 0.429. The number of aromatic nitrogens is 1. The topological polar surface area (TPSA) is 62.3 Å². The van der Waals surface area contributed by atoms with E-state index < -0.39 is 0 Å². The van der Waals surface area contributed by atoms with Crippen LogP contribution in [-0.4, -0.2) is 23.8 Å². The minimum atomic E-state index is -0.217. The summed E-state index contributed by atoms with van der Waals surface area (Å²) in [7, 11) is 0. The van der Waals surface area contributed by atoms with Crippen LogP contribution in [0.2, 0.25) is 10.0 Å². The van der Waals surface area contributed by atoms with Gasteiger partial charge in [0.2, 0.25) is 0 Å². The van der Waals surface area contributed by atoms with Gasteiger partial charge in [-0.25, -0.2) is 4.39 Å². The van der Waals surface area contributed by atoms with Crippen molar-refractivity contribution in [2.75, 3.05) is 11.4 Å². The first kappa shape index (κ1) is 25.1.